The zero-order valence-electron chi connectivity index (χ0n) is 11.2. The van der Waals surface area contributed by atoms with E-state index in [1.807, 2.05) is 30.3 Å². The van der Waals surface area contributed by atoms with Crippen LogP contribution in [0.3, 0.4) is 0 Å². The molecular formula is C16H13N3O2. The number of hydrogen-bond acceptors (Lipinski definition) is 4. The monoisotopic (exact) mass is 279 g/mol. The maximum Gasteiger partial charge on any atom is 0.255 e. The molecule has 1 aromatic carbocycles. The molecule has 0 aliphatic rings. The van der Waals surface area contributed by atoms with Gasteiger partial charge in [0.2, 0.25) is 0 Å². The summed E-state index contributed by atoms with van der Waals surface area (Å²) in [7, 11) is 0. The van der Waals surface area contributed by atoms with Gasteiger partial charge in [0, 0.05) is 24.3 Å². The van der Waals surface area contributed by atoms with Crippen LogP contribution >= 0.6 is 0 Å². The molecule has 2 aromatic heterocycles. The minimum atomic E-state index is -0.345. The number of rotatable bonds is 3. The maximum atomic E-state index is 12.1. The molecule has 0 saturated heterocycles. The molecule has 0 fully saturated rings. The Morgan fingerprint density at radius 2 is 2.00 bits per heavy atom. The molecule has 21 heavy (non-hydrogen) atoms. The Morgan fingerprint density at radius 1 is 1.14 bits per heavy atom. The SMILES string of the molecule is O=C(NCc1cccc2cccnc12)c1ccncc1O. The van der Waals surface area contributed by atoms with Crippen LogP contribution in [-0.2, 0) is 6.54 Å². The Kier molecular flexibility index (Phi) is 3.47. The highest BCUT2D eigenvalue weighted by molar-refractivity contribution is 5.96. The average Bonchev–Trinajstić information content (AvgIpc) is 2.53. The third-order valence-corrected chi connectivity index (χ3v) is 3.20. The molecule has 0 radical (unpaired) electrons. The number of aromatic hydroxyl groups is 1. The molecule has 2 N–H and O–H groups in total. The van der Waals surface area contributed by atoms with E-state index in [1.54, 1.807) is 6.20 Å². The van der Waals surface area contributed by atoms with Crippen molar-refractivity contribution in [2.24, 2.45) is 0 Å². The number of nitrogens with zero attached hydrogens (tertiary/aromatic N) is 2. The van der Waals surface area contributed by atoms with Gasteiger partial charge in [0.15, 0.2) is 0 Å². The van der Waals surface area contributed by atoms with Gasteiger partial charge < -0.3 is 10.4 Å². The van der Waals surface area contributed by atoms with Crippen LogP contribution in [0.2, 0.25) is 0 Å². The molecule has 0 aliphatic carbocycles. The standard InChI is InChI=1S/C16H13N3O2/c20-14-10-17-8-6-13(14)16(21)19-9-12-4-1-3-11-5-2-7-18-15(11)12/h1-8,10,20H,9H2,(H,19,21). The van der Waals surface area contributed by atoms with Crippen LogP contribution in [0.1, 0.15) is 15.9 Å². The summed E-state index contributed by atoms with van der Waals surface area (Å²) in [6, 6.07) is 11.1. The van der Waals surface area contributed by atoms with Crippen molar-refractivity contribution >= 4 is 16.8 Å². The second-order valence-corrected chi connectivity index (χ2v) is 4.57. The summed E-state index contributed by atoms with van der Waals surface area (Å²) in [5, 5.41) is 13.4. The van der Waals surface area contributed by atoms with Crippen molar-refractivity contribution in [3.63, 3.8) is 0 Å². The van der Waals surface area contributed by atoms with E-state index in [2.05, 4.69) is 15.3 Å². The number of aromatic nitrogens is 2. The number of carbonyl (C=O) groups excluding carboxylic acids is 1. The van der Waals surface area contributed by atoms with E-state index in [4.69, 9.17) is 0 Å². The second kappa shape index (κ2) is 5.58. The number of fused-ring (bicyclic) bond motifs is 1. The van der Waals surface area contributed by atoms with E-state index in [0.717, 1.165) is 16.5 Å². The zero-order valence-corrected chi connectivity index (χ0v) is 11.2. The third kappa shape index (κ3) is 2.67. The minimum absolute atomic E-state index is 0.133. The van der Waals surface area contributed by atoms with Gasteiger partial charge in [-0.05, 0) is 17.7 Å². The number of amides is 1. The van der Waals surface area contributed by atoms with Crippen LogP contribution in [-0.4, -0.2) is 21.0 Å². The van der Waals surface area contributed by atoms with Crippen LogP contribution in [0.15, 0.2) is 55.0 Å². The van der Waals surface area contributed by atoms with Crippen LogP contribution in [0.4, 0.5) is 0 Å². The lowest BCUT2D eigenvalue weighted by Crippen LogP contribution is -2.23. The van der Waals surface area contributed by atoms with Gasteiger partial charge in [-0.2, -0.15) is 0 Å². The lowest BCUT2D eigenvalue weighted by Gasteiger charge is -2.08. The van der Waals surface area contributed by atoms with Crippen molar-refractivity contribution in [1.82, 2.24) is 15.3 Å². The normalized spacial score (nSPS) is 10.5. The molecule has 0 aliphatic heterocycles. The molecule has 2 heterocycles. The summed E-state index contributed by atoms with van der Waals surface area (Å²) < 4.78 is 0. The highest BCUT2D eigenvalue weighted by Crippen LogP contribution is 2.17. The van der Waals surface area contributed by atoms with E-state index in [9.17, 15) is 9.90 Å². The summed E-state index contributed by atoms with van der Waals surface area (Å²) in [6.45, 7) is 0.342. The number of para-hydroxylation sites is 1. The van der Waals surface area contributed by atoms with E-state index in [0.29, 0.717) is 6.54 Å². The predicted octanol–water partition coefficient (Wildman–Crippen LogP) is 2.27. The van der Waals surface area contributed by atoms with Crippen LogP contribution < -0.4 is 5.32 Å². The summed E-state index contributed by atoms with van der Waals surface area (Å²) in [5.41, 5.74) is 1.99. The first-order valence-corrected chi connectivity index (χ1v) is 6.49. The van der Waals surface area contributed by atoms with Gasteiger partial charge in [-0.3, -0.25) is 14.8 Å². The van der Waals surface area contributed by atoms with Crippen LogP contribution in [0.5, 0.6) is 5.75 Å². The Hall–Kier alpha value is -2.95. The Morgan fingerprint density at radius 3 is 2.86 bits per heavy atom. The Bertz CT molecular complexity index is 797. The van der Waals surface area contributed by atoms with Crippen LogP contribution in [0, 0.1) is 0 Å². The van der Waals surface area contributed by atoms with Crippen molar-refractivity contribution in [3.8, 4) is 5.75 Å². The van der Waals surface area contributed by atoms with Crippen molar-refractivity contribution < 1.29 is 9.90 Å². The first-order valence-electron chi connectivity index (χ1n) is 6.49. The Balaban J connectivity index is 1.81. The predicted molar refractivity (Wildman–Crippen MR) is 78.8 cm³/mol. The quantitative estimate of drug-likeness (QED) is 0.771. The highest BCUT2D eigenvalue weighted by Gasteiger charge is 2.11. The van der Waals surface area contributed by atoms with Gasteiger partial charge in [0.05, 0.1) is 17.3 Å². The van der Waals surface area contributed by atoms with E-state index in [1.165, 1.54) is 18.5 Å². The van der Waals surface area contributed by atoms with Gasteiger partial charge in [-0.1, -0.05) is 24.3 Å². The molecule has 104 valence electrons. The lowest BCUT2D eigenvalue weighted by atomic mass is 10.1. The zero-order chi connectivity index (χ0) is 14.7. The van der Waals surface area contributed by atoms with E-state index in [-0.39, 0.29) is 17.2 Å². The van der Waals surface area contributed by atoms with E-state index < -0.39 is 0 Å². The van der Waals surface area contributed by atoms with Crippen molar-refractivity contribution in [2.45, 2.75) is 6.54 Å². The average molecular weight is 279 g/mol. The first kappa shape index (κ1) is 13.1. The van der Waals surface area contributed by atoms with Gasteiger partial charge in [-0.25, -0.2) is 0 Å². The molecule has 0 bridgehead atoms. The number of carbonyl (C=O) groups is 1. The molecule has 1 amide bonds. The topological polar surface area (TPSA) is 75.1 Å². The second-order valence-electron chi connectivity index (χ2n) is 4.57. The molecule has 0 atom stereocenters. The summed E-state index contributed by atoms with van der Waals surface area (Å²) in [5.74, 6) is -0.478. The van der Waals surface area contributed by atoms with Gasteiger partial charge >= 0.3 is 0 Å². The Labute approximate surface area is 121 Å². The number of nitrogens with one attached hydrogen (secondary N) is 1. The fraction of sp³-hybridized carbons (Fsp3) is 0.0625. The van der Waals surface area contributed by atoms with Crippen molar-refractivity contribution in [1.29, 1.82) is 0 Å². The molecule has 5 heteroatoms. The summed E-state index contributed by atoms with van der Waals surface area (Å²) in [6.07, 6.45) is 4.44. The fourth-order valence-electron chi connectivity index (χ4n) is 2.16. The van der Waals surface area contributed by atoms with Crippen molar-refractivity contribution in [2.75, 3.05) is 0 Å². The van der Waals surface area contributed by atoms with Crippen molar-refractivity contribution in [3.05, 3.63) is 66.1 Å². The van der Waals surface area contributed by atoms with Gasteiger partial charge in [0.1, 0.15) is 5.75 Å². The number of pyridine rings is 2. The molecular weight excluding hydrogens is 266 g/mol. The lowest BCUT2D eigenvalue weighted by molar-refractivity contribution is 0.0948. The molecule has 3 rings (SSSR count). The molecule has 5 nitrogen and oxygen atoms in total. The summed E-state index contributed by atoms with van der Waals surface area (Å²) in [4.78, 5) is 20.1. The van der Waals surface area contributed by atoms with Crippen LogP contribution in [0.25, 0.3) is 10.9 Å². The van der Waals surface area contributed by atoms with Gasteiger partial charge in [-0.15, -0.1) is 0 Å². The molecule has 0 unspecified atom stereocenters. The van der Waals surface area contributed by atoms with Gasteiger partial charge in [0.25, 0.3) is 5.91 Å². The smallest absolute Gasteiger partial charge is 0.255 e. The molecule has 0 saturated carbocycles. The molecule has 3 aromatic rings. The number of benzene rings is 1. The van der Waals surface area contributed by atoms with E-state index >= 15 is 0 Å². The fourth-order valence-corrected chi connectivity index (χ4v) is 2.16. The maximum absolute atomic E-state index is 12.1. The minimum Gasteiger partial charge on any atom is -0.505 e. The largest absolute Gasteiger partial charge is 0.505 e. The number of hydrogen-bond donors (Lipinski definition) is 2. The highest BCUT2D eigenvalue weighted by atomic mass is 16.3. The first-order chi connectivity index (χ1) is 10.3. The summed E-state index contributed by atoms with van der Waals surface area (Å²) >= 11 is 0. The molecule has 0 spiro atoms. The third-order valence-electron chi connectivity index (χ3n) is 3.20.